The van der Waals surface area contributed by atoms with Crippen LogP contribution in [0.3, 0.4) is 0 Å². The van der Waals surface area contributed by atoms with Crippen molar-refractivity contribution in [3.63, 3.8) is 0 Å². The zero-order chi connectivity index (χ0) is 13.5. The number of para-hydroxylation sites is 1. The first kappa shape index (κ1) is 13.2. The predicted octanol–water partition coefficient (Wildman–Crippen LogP) is 0.920. The first-order chi connectivity index (χ1) is 9.29. The molecule has 0 aliphatic carbocycles. The van der Waals surface area contributed by atoms with Crippen molar-refractivity contribution in [2.45, 2.75) is 13.0 Å². The maximum atomic E-state index is 10.9. The zero-order valence-electron chi connectivity index (χ0n) is 10.7. The summed E-state index contributed by atoms with van der Waals surface area (Å²) in [6.45, 7) is 1.13. The molecule has 0 fully saturated rings. The highest BCUT2D eigenvalue weighted by Gasteiger charge is 2.03. The van der Waals surface area contributed by atoms with E-state index in [1.54, 1.807) is 11.0 Å². The van der Waals surface area contributed by atoms with Crippen molar-refractivity contribution >= 4 is 5.97 Å². The van der Waals surface area contributed by atoms with Crippen LogP contribution in [0.5, 0.6) is 0 Å². The number of ether oxygens (including phenoxy) is 1. The Morgan fingerprint density at radius 1 is 1.37 bits per heavy atom. The normalized spacial score (nSPS) is 10.4. The quantitative estimate of drug-likeness (QED) is 0.618. The van der Waals surface area contributed by atoms with E-state index < -0.39 is 0 Å². The van der Waals surface area contributed by atoms with E-state index >= 15 is 0 Å². The fourth-order valence-electron chi connectivity index (χ4n) is 1.57. The number of methoxy groups -OCH3 is 1. The van der Waals surface area contributed by atoms with Gasteiger partial charge >= 0.3 is 5.97 Å². The maximum Gasteiger partial charge on any atom is 0.306 e. The smallest absolute Gasteiger partial charge is 0.306 e. The van der Waals surface area contributed by atoms with Crippen molar-refractivity contribution in [3.05, 3.63) is 42.2 Å². The van der Waals surface area contributed by atoms with Crippen molar-refractivity contribution in [1.29, 1.82) is 0 Å². The Morgan fingerprint density at radius 3 is 2.89 bits per heavy atom. The SMILES string of the molecule is COC(=O)CCNCc1cnn(-c2ccccc2)n1. The summed E-state index contributed by atoms with van der Waals surface area (Å²) < 4.78 is 4.55. The molecular formula is C13H16N4O2. The van der Waals surface area contributed by atoms with Gasteiger partial charge in [0.2, 0.25) is 0 Å². The maximum absolute atomic E-state index is 10.9. The van der Waals surface area contributed by atoms with Gasteiger partial charge < -0.3 is 10.1 Å². The summed E-state index contributed by atoms with van der Waals surface area (Å²) in [6, 6.07) is 9.70. The van der Waals surface area contributed by atoms with Crippen molar-refractivity contribution in [3.8, 4) is 5.69 Å². The van der Waals surface area contributed by atoms with E-state index in [-0.39, 0.29) is 5.97 Å². The summed E-state index contributed by atoms with van der Waals surface area (Å²) in [5.74, 6) is -0.222. The minimum Gasteiger partial charge on any atom is -0.469 e. The van der Waals surface area contributed by atoms with Crippen LogP contribution in [0.2, 0.25) is 0 Å². The highest BCUT2D eigenvalue weighted by molar-refractivity contribution is 5.69. The molecule has 0 unspecified atom stereocenters. The Kier molecular flexibility index (Phi) is 4.63. The van der Waals surface area contributed by atoms with Gasteiger partial charge in [0.25, 0.3) is 0 Å². The van der Waals surface area contributed by atoms with Gasteiger partial charge in [-0.2, -0.15) is 15.0 Å². The zero-order valence-corrected chi connectivity index (χ0v) is 10.7. The molecule has 0 aliphatic rings. The fraction of sp³-hybridized carbons (Fsp3) is 0.308. The highest BCUT2D eigenvalue weighted by Crippen LogP contribution is 2.03. The van der Waals surface area contributed by atoms with Gasteiger partial charge in [-0.3, -0.25) is 4.79 Å². The van der Waals surface area contributed by atoms with Crippen LogP contribution in [0.25, 0.3) is 5.69 Å². The first-order valence-corrected chi connectivity index (χ1v) is 6.04. The summed E-state index contributed by atoms with van der Waals surface area (Å²) in [7, 11) is 1.38. The Hall–Kier alpha value is -2.21. The van der Waals surface area contributed by atoms with E-state index in [2.05, 4.69) is 20.3 Å². The summed E-state index contributed by atoms with van der Waals surface area (Å²) in [6.07, 6.45) is 2.06. The molecule has 6 heteroatoms. The van der Waals surface area contributed by atoms with Crippen LogP contribution in [-0.2, 0) is 16.1 Å². The lowest BCUT2D eigenvalue weighted by Crippen LogP contribution is -2.18. The number of carbonyl (C=O) groups is 1. The third-order valence-corrected chi connectivity index (χ3v) is 2.57. The lowest BCUT2D eigenvalue weighted by atomic mass is 10.3. The molecule has 6 nitrogen and oxygen atoms in total. The molecule has 1 heterocycles. The molecule has 2 rings (SSSR count). The molecule has 2 aromatic rings. The summed E-state index contributed by atoms with van der Waals surface area (Å²) >= 11 is 0. The van der Waals surface area contributed by atoms with Crippen LogP contribution >= 0.6 is 0 Å². The van der Waals surface area contributed by atoms with Gasteiger partial charge in [-0.25, -0.2) is 0 Å². The second kappa shape index (κ2) is 6.65. The molecule has 19 heavy (non-hydrogen) atoms. The topological polar surface area (TPSA) is 69.0 Å². The van der Waals surface area contributed by atoms with Gasteiger partial charge in [0, 0.05) is 13.1 Å². The molecule has 1 aromatic carbocycles. The van der Waals surface area contributed by atoms with E-state index in [0.717, 1.165) is 11.4 Å². The van der Waals surface area contributed by atoms with Gasteiger partial charge in [0.1, 0.15) is 0 Å². The molecule has 0 amide bonds. The van der Waals surface area contributed by atoms with E-state index in [4.69, 9.17) is 0 Å². The molecule has 0 atom stereocenters. The number of carbonyl (C=O) groups excluding carboxylic acids is 1. The summed E-state index contributed by atoms with van der Waals surface area (Å²) in [5.41, 5.74) is 1.75. The third kappa shape index (κ3) is 3.89. The number of esters is 1. The molecule has 0 spiro atoms. The van der Waals surface area contributed by atoms with Crippen LogP contribution in [-0.4, -0.2) is 34.6 Å². The van der Waals surface area contributed by atoms with Crippen LogP contribution in [0.1, 0.15) is 12.1 Å². The number of rotatable bonds is 6. The number of aromatic nitrogens is 3. The van der Waals surface area contributed by atoms with Crippen LogP contribution in [0.4, 0.5) is 0 Å². The second-order valence-corrected chi connectivity index (χ2v) is 3.96. The number of nitrogens with zero attached hydrogens (tertiary/aromatic N) is 3. The monoisotopic (exact) mass is 260 g/mol. The Labute approximate surface area is 111 Å². The number of hydrogen-bond donors (Lipinski definition) is 1. The van der Waals surface area contributed by atoms with Gasteiger partial charge in [-0.15, -0.1) is 0 Å². The van der Waals surface area contributed by atoms with Gasteiger partial charge in [-0.05, 0) is 12.1 Å². The van der Waals surface area contributed by atoms with Gasteiger partial charge in [0.15, 0.2) is 0 Å². The van der Waals surface area contributed by atoms with Crippen molar-refractivity contribution in [2.75, 3.05) is 13.7 Å². The molecule has 0 aliphatic heterocycles. The van der Waals surface area contributed by atoms with Crippen molar-refractivity contribution in [1.82, 2.24) is 20.3 Å². The lowest BCUT2D eigenvalue weighted by Gasteiger charge is -2.01. The number of hydrogen-bond acceptors (Lipinski definition) is 5. The van der Waals surface area contributed by atoms with E-state index in [9.17, 15) is 4.79 Å². The minimum atomic E-state index is -0.222. The average Bonchev–Trinajstić information content (AvgIpc) is 2.93. The minimum absolute atomic E-state index is 0.222. The first-order valence-electron chi connectivity index (χ1n) is 6.04. The van der Waals surface area contributed by atoms with E-state index in [1.807, 2.05) is 30.3 Å². The number of benzene rings is 1. The lowest BCUT2D eigenvalue weighted by molar-refractivity contribution is -0.140. The molecule has 1 aromatic heterocycles. The third-order valence-electron chi connectivity index (χ3n) is 2.57. The van der Waals surface area contributed by atoms with Crippen molar-refractivity contribution in [2.24, 2.45) is 0 Å². The largest absolute Gasteiger partial charge is 0.469 e. The van der Waals surface area contributed by atoms with Crippen LogP contribution in [0, 0.1) is 0 Å². The Morgan fingerprint density at radius 2 is 2.16 bits per heavy atom. The highest BCUT2D eigenvalue weighted by atomic mass is 16.5. The Balaban J connectivity index is 1.83. The fourth-order valence-corrected chi connectivity index (χ4v) is 1.57. The predicted molar refractivity (Wildman–Crippen MR) is 69.7 cm³/mol. The molecule has 1 N–H and O–H groups in total. The molecule has 0 bridgehead atoms. The molecule has 0 saturated carbocycles. The average molecular weight is 260 g/mol. The molecule has 0 radical (unpaired) electrons. The van der Waals surface area contributed by atoms with Crippen LogP contribution < -0.4 is 5.32 Å². The molecule has 0 saturated heterocycles. The standard InChI is InChI=1S/C13H16N4O2/c1-19-13(18)7-8-14-9-11-10-15-17(16-11)12-5-3-2-4-6-12/h2-6,10,14H,7-9H2,1H3. The van der Waals surface area contributed by atoms with Crippen molar-refractivity contribution < 1.29 is 9.53 Å². The van der Waals surface area contributed by atoms with Crippen LogP contribution in [0.15, 0.2) is 36.5 Å². The molecular weight excluding hydrogens is 244 g/mol. The summed E-state index contributed by atoms with van der Waals surface area (Å²) in [5, 5.41) is 11.6. The van der Waals surface area contributed by atoms with Gasteiger partial charge in [0.05, 0.1) is 31.1 Å². The van der Waals surface area contributed by atoms with E-state index in [0.29, 0.717) is 19.5 Å². The van der Waals surface area contributed by atoms with Gasteiger partial charge in [-0.1, -0.05) is 18.2 Å². The van der Waals surface area contributed by atoms with E-state index in [1.165, 1.54) is 7.11 Å². The molecule has 100 valence electrons. The number of nitrogens with one attached hydrogen (secondary N) is 1. The summed E-state index contributed by atoms with van der Waals surface area (Å²) in [4.78, 5) is 12.5. The Bertz CT molecular complexity index is 524. The second-order valence-electron chi connectivity index (χ2n) is 3.96.